The molecule has 0 aromatic heterocycles. The molecule has 0 saturated heterocycles. The van der Waals surface area contributed by atoms with Gasteiger partial charge in [-0.25, -0.2) is 4.79 Å². The van der Waals surface area contributed by atoms with Gasteiger partial charge < -0.3 is 4.74 Å². The lowest BCUT2D eigenvalue weighted by molar-refractivity contribution is 0.0636. The Labute approximate surface area is 108 Å². The lowest BCUT2D eigenvalue weighted by Gasteiger charge is -2.19. The van der Waals surface area contributed by atoms with Gasteiger partial charge in [-0.2, -0.15) is 0 Å². The number of anilines is 1. The van der Waals surface area contributed by atoms with E-state index >= 15 is 0 Å². The van der Waals surface area contributed by atoms with E-state index in [2.05, 4.69) is 18.5 Å². The van der Waals surface area contributed by atoms with Gasteiger partial charge >= 0.3 is 6.09 Å². The van der Waals surface area contributed by atoms with Crippen molar-refractivity contribution in [2.45, 2.75) is 26.4 Å². The van der Waals surface area contributed by atoms with Crippen LogP contribution < -0.4 is 5.32 Å². The maximum absolute atomic E-state index is 11.5. The van der Waals surface area contributed by atoms with Crippen LogP contribution in [0.5, 0.6) is 0 Å². The minimum Gasteiger partial charge on any atom is -0.444 e. The number of carbonyl (C=O) groups excluding carboxylic acids is 1. The summed E-state index contributed by atoms with van der Waals surface area (Å²) in [7, 11) is 0. The van der Waals surface area contributed by atoms with Crippen molar-refractivity contribution in [1.29, 1.82) is 0 Å². The summed E-state index contributed by atoms with van der Waals surface area (Å²) in [5.41, 5.74) is 2.00. The molecular weight excluding hydrogens is 226 g/mol. The molecular formula is C15H19NO2. The molecule has 0 fully saturated rings. The molecule has 1 N–H and O–H groups in total. The zero-order chi connectivity index (χ0) is 13.8. The highest BCUT2D eigenvalue weighted by Crippen LogP contribution is 2.17. The van der Waals surface area contributed by atoms with Crippen molar-refractivity contribution < 1.29 is 9.53 Å². The number of amides is 1. The number of nitrogens with one attached hydrogen (secondary N) is 1. The summed E-state index contributed by atoms with van der Waals surface area (Å²) in [4.78, 5) is 11.5. The Balaban J connectivity index is 2.67. The smallest absolute Gasteiger partial charge is 0.412 e. The molecule has 0 unspecified atom stereocenters. The molecule has 1 aromatic carbocycles. The van der Waals surface area contributed by atoms with E-state index in [-0.39, 0.29) is 0 Å². The number of hydrogen-bond donors (Lipinski definition) is 1. The van der Waals surface area contributed by atoms with Crippen molar-refractivity contribution in [3.8, 4) is 0 Å². The first-order chi connectivity index (χ1) is 8.31. The number of rotatable bonds is 3. The van der Waals surface area contributed by atoms with E-state index in [1.54, 1.807) is 18.2 Å². The van der Waals surface area contributed by atoms with Gasteiger partial charge in [0.05, 0.1) is 0 Å². The zero-order valence-corrected chi connectivity index (χ0v) is 11.1. The molecule has 0 bridgehead atoms. The maximum atomic E-state index is 11.5. The molecule has 0 heterocycles. The highest BCUT2D eigenvalue weighted by molar-refractivity contribution is 5.85. The van der Waals surface area contributed by atoms with Gasteiger partial charge in [0.15, 0.2) is 0 Å². The minimum atomic E-state index is -0.499. The number of hydrogen-bond acceptors (Lipinski definition) is 2. The van der Waals surface area contributed by atoms with Gasteiger partial charge in [-0.05, 0) is 44.0 Å². The summed E-state index contributed by atoms with van der Waals surface area (Å²) < 4.78 is 5.16. The molecule has 0 spiro atoms. The largest absolute Gasteiger partial charge is 0.444 e. The highest BCUT2D eigenvalue weighted by Gasteiger charge is 2.15. The van der Waals surface area contributed by atoms with Crippen molar-refractivity contribution in [3.05, 3.63) is 49.1 Å². The molecule has 0 atom stereocenters. The van der Waals surface area contributed by atoms with Crippen LogP contribution in [0.4, 0.5) is 10.5 Å². The number of benzene rings is 1. The molecule has 1 aromatic rings. The number of allylic oxidation sites excluding steroid dienone is 2. The molecule has 0 aliphatic carbocycles. The fourth-order valence-corrected chi connectivity index (χ4v) is 1.31. The second-order valence-electron chi connectivity index (χ2n) is 4.93. The molecule has 0 saturated carbocycles. The van der Waals surface area contributed by atoms with Gasteiger partial charge in [-0.1, -0.05) is 31.4 Å². The van der Waals surface area contributed by atoms with E-state index in [9.17, 15) is 4.79 Å². The molecule has 0 aliphatic heterocycles. The van der Waals surface area contributed by atoms with Crippen molar-refractivity contribution in [2.24, 2.45) is 0 Å². The molecule has 18 heavy (non-hydrogen) atoms. The van der Waals surface area contributed by atoms with Crippen molar-refractivity contribution in [3.63, 3.8) is 0 Å². The number of carbonyl (C=O) groups is 1. The standard InChI is InChI=1S/C15H19NO2/c1-6-11(2)12-7-9-13(10-8-12)16-14(17)18-15(3,4)5/h6-10H,1-2H2,3-5H3,(H,16,17). The Hall–Kier alpha value is -2.03. The zero-order valence-electron chi connectivity index (χ0n) is 11.1. The second kappa shape index (κ2) is 5.54. The molecule has 0 aliphatic rings. The molecule has 3 nitrogen and oxygen atoms in total. The molecule has 3 heteroatoms. The molecule has 1 amide bonds. The third kappa shape index (κ3) is 4.45. The van der Waals surface area contributed by atoms with Gasteiger partial charge in [0.2, 0.25) is 0 Å². The van der Waals surface area contributed by atoms with Crippen molar-refractivity contribution in [2.75, 3.05) is 5.32 Å². The Morgan fingerprint density at radius 1 is 1.28 bits per heavy atom. The van der Waals surface area contributed by atoms with Crippen LogP contribution in [0.2, 0.25) is 0 Å². The van der Waals surface area contributed by atoms with Crippen LogP contribution in [0.25, 0.3) is 5.57 Å². The van der Waals surface area contributed by atoms with Crippen LogP contribution >= 0.6 is 0 Å². The second-order valence-corrected chi connectivity index (χ2v) is 4.93. The van der Waals surface area contributed by atoms with Crippen LogP contribution in [-0.2, 0) is 4.74 Å². The Kier molecular flexibility index (Phi) is 4.32. The first-order valence-electron chi connectivity index (χ1n) is 5.73. The Morgan fingerprint density at radius 2 is 1.83 bits per heavy atom. The van der Waals surface area contributed by atoms with Crippen LogP contribution in [0, 0.1) is 0 Å². The fraction of sp³-hybridized carbons (Fsp3) is 0.267. The normalized spacial score (nSPS) is 10.6. The van der Waals surface area contributed by atoms with Crippen LogP contribution in [-0.4, -0.2) is 11.7 Å². The quantitative estimate of drug-likeness (QED) is 0.809. The fourth-order valence-electron chi connectivity index (χ4n) is 1.31. The predicted octanol–water partition coefficient (Wildman–Crippen LogP) is 4.23. The van der Waals surface area contributed by atoms with Gasteiger partial charge in [-0.3, -0.25) is 5.32 Å². The highest BCUT2D eigenvalue weighted by atomic mass is 16.6. The molecule has 1 rings (SSSR count). The predicted molar refractivity (Wildman–Crippen MR) is 75.5 cm³/mol. The average Bonchev–Trinajstić information content (AvgIpc) is 2.26. The molecule has 96 valence electrons. The monoisotopic (exact) mass is 245 g/mol. The van der Waals surface area contributed by atoms with Gasteiger partial charge in [0.1, 0.15) is 5.60 Å². The van der Waals surface area contributed by atoms with E-state index in [1.165, 1.54) is 0 Å². The lowest BCUT2D eigenvalue weighted by Crippen LogP contribution is -2.27. The Morgan fingerprint density at radius 3 is 2.28 bits per heavy atom. The van der Waals surface area contributed by atoms with Gasteiger partial charge in [0.25, 0.3) is 0 Å². The summed E-state index contributed by atoms with van der Waals surface area (Å²) in [5.74, 6) is 0. The van der Waals surface area contributed by atoms with Crippen molar-refractivity contribution >= 4 is 17.4 Å². The molecule has 0 radical (unpaired) electrons. The first-order valence-corrected chi connectivity index (χ1v) is 5.73. The van der Waals surface area contributed by atoms with E-state index in [4.69, 9.17) is 4.74 Å². The summed E-state index contributed by atoms with van der Waals surface area (Å²) in [6.45, 7) is 13.0. The third-order valence-corrected chi connectivity index (χ3v) is 2.15. The van der Waals surface area contributed by atoms with E-state index in [0.29, 0.717) is 5.69 Å². The summed E-state index contributed by atoms with van der Waals surface area (Å²) in [5, 5.41) is 2.67. The first kappa shape index (κ1) is 14.0. The average molecular weight is 245 g/mol. The lowest BCUT2D eigenvalue weighted by atomic mass is 10.1. The Bertz CT molecular complexity index is 452. The van der Waals surface area contributed by atoms with Crippen LogP contribution in [0.15, 0.2) is 43.5 Å². The summed E-state index contributed by atoms with van der Waals surface area (Å²) in [6, 6.07) is 7.34. The van der Waals surface area contributed by atoms with Crippen LogP contribution in [0.1, 0.15) is 26.3 Å². The van der Waals surface area contributed by atoms with E-state index < -0.39 is 11.7 Å². The summed E-state index contributed by atoms with van der Waals surface area (Å²) >= 11 is 0. The minimum absolute atomic E-state index is 0.460. The third-order valence-electron chi connectivity index (χ3n) is 2.15. The number of ether oxygens (including phenoxy) is 1. The van der Waals surface area contributed by atoms with E-state index in [0.717, 1.165) is 11.1 Å². The van der Waals surface area contributed by atoms with Crippen LogP contribution in [0.3, 0.4) is 0 Å². The van der Waals surface area contributed by atoms with Crippen molar-refractivity contribution in [1.82, 2.24) is 0 Å². The topological polar surface area (TPSA) is 38.3 Å². The summed E-state index contributed by atoms with van der Waals surface area (Å²) in [6.07, 6.45) is 1.23. The van der Waals surface area contributed by atoms with Gasteiger partial charge in [-0.15, -0.1) is 0 Å². The van der Waals surface area contributed by atoms with E-state index in [1.807, 2.05) is 32.9 Å². The maximum Gasteiger partial charge on any atom is 0.412 e. The van der Waals surface area contributed by atoms with Gasteiger partial charge in [0, 0.05) is 5.69 Å². The SMILES string of the molecule is C=CC(=C)c1ccc(NC(=O)OC(C)(C)C)cc1.